The minimum atomic E-state index is -1.66. The van der Waals surface area contributed by atoms with Gasteiger partial charge in [-0.25, -0.2) is 13.2 Å². The summed E-state index contributed by atoms with van der Waals surface area (Å²) >= 11 is 5.78. The molecule has 0 saturated heterocycles. The van der Waals surface area contributed by atoms with Crippen molar-refractivity contribution in [2.45, 2.75) is 13.0 Å². The van der Waals surface area contributed by atoms with Gasteiger partial charge in [0.15, 0.2) is 11.6 Å². The van der Waals surface area contributed by atoms with E-state index in [1.54, 1.807) is 0 Å². The Kier molecular flexibility index (Phi) is 3.83. The van der Waals surface area contributed by atoms with E-state index in [1.165, 1.54) is 31.2 Å². The molecule has 2 aromatic carbocycles. The van der Waals surface area contributed by atoms with Crippen molar-refractivity contribution in [1.29, 1.82) is 0 Å². The molecule has 0 aromatic heterocycles. The monoisotopic (exact) mass is 286 g/mol. The number of aliphatic hydroxyl groups is 1. The lowest BCUT2D eigenvalue weighted by molar-refractivity contribution is 0.208. The molecular weight excluding hydrogens is 277 g/mol. The van der Waals surface area contributed by atoms with Gasteiger partial charge < -0.3 is 5.11 Å². The molecule has 0 fully saturated rings. The van der Waals surface area contributed by atoms with Crippen LogP contribution in [0.2, 0.25) is 5.02 Å². The third-order valence-electron chi connectivity index (χ3n) is 2.87. The van der Waals surface area contributed by atoms with Crippen LogP contribution in [-0.4, -0.2) is 5.11 Å². The predicted octanol–water partition coefficient (Wildman–Crippen LogP) is 4.15. The summed E-state index contributed by atoms with van der Waals surface area (Å²) in [7, 11) is 0. The molecule has 1 N–H and O–H groups in total. The van der Waals surface area contributed by atoms with Gasteiger partial charge in [-0.05, 0) is 24.6 Å². The number of benzene rings is 2. The van der Waals surface area contributed by atoms with Crippen molar-refractivity contribution in [2.24, 2.45) is 0 Å². The van der Waals surface area contributed by atoms with Crippen molar-refractivity contribution in [3.05, 3.63) is 69.5 Å². The zero-order valence-corrected chi connectivity index (χ0v) is 10.7. The molecule has 0 aliphatic heterocycles. The number of rotatable bonds is 2. The Morgan fingerprint density at radius 2 is 1.74 bits per heavy atom. The summed E-state index contributed by atoms with van der Waals surface area (Å²) in [5, 5.41) is 9.97. The molecule has 2 rings (SSSR count). The average molecular weight is 287 g/mol. The second-order valence-electron chi connectivity index (χ2n) is 4.14. The Hall–Kier alpha value is -1.52. The highest BCUT2D eigenvalue weighted by atomic mass is 35.5. The maximum atomic E-state index is 13.8. The number of hydrogen-bond donors (Lipinski definition) is 1. The van der Waals surface area contributed by atoms with Crippen LogP contribution < -0.4 is 0 Å². The van der Waals surface area contributed by atoms with E-state index < -0.39 is 23.6 Å². The van der Waals surface area contributed by atoms with Crippen LogP contribution in [0.15, 0.2) is 30.3 Å². The normalized spacial score (nSPS) is 12.5. The molecule has 0 heterocycles. The molecule has 0 aliphatic rings. The Morgan fingerprint density at radius 1 is 1.05 bits per heavy atom. The molecule has 1 unspecified atom stereocenters. The highest BCUT2D eigenvalue weighted by molar-refractivity contribution is 6.31. The topological polar surface area (TPSA) is 20.2 Å². The average Bonchev–Trinajstić information content (AvgIpc) is 2.35. The third kappa shape index (κ3) is 2.46. The zero-order chi connectivity index (χ0) is 14.2. The van der Waals surface area contributed by atoms with Crippen LogP contribution in [0.3, 0.4) is 0 Å². The molecule has 1 nitrogen and oxygen atoms in total. The highest BCUT2D eigenvalue weighted by Crippen LogP contribution is 2.32. The second-order valence-corrected chi connectivity index (χ2v) is 4.54. The number of hydrogen-bond acceptors (Lipinski definition) is 1. The quantitative estimate of drug-likeness (QED) is 0.879. The van der Waals surface area contributed by atoms with Crippen LogP contribution in [0.25, 0.3) is 0 Å². The first kappa shape index (κ1) is 13.9. The van der Waals surface area contributed by atoms with Crippen molar-refractivity contribution in [2.75, 3.05) is 0 Å². The van der Waals surface area contributed by atoms with Crippen molar-refractivity contribution < 1.29 is 18.3 Å². The molecule has 0 amide bonds. The van der Waals surface area contributed by atoms with E-state index in [-0.39, 0.29) is 21.7 Å². The molecule has 0 bridgehead atoms. The lowest BCUT2D eigenvalue weighted by Gasteiger charge is -2.15. The summed E-state index contributed by atoms with van der Waals surface area (Å²) in [6, 6.07) is 6.34. The Morgan fingerprint density at radius 3 is 2.37 bits per heavy atom. The summed E-state index contributed by atoms with van der Waals surface area (Å²) in [6.45, 7) is 1.39. The van der Waals surface area contributed by atoms with Gasteiger partial charge in [0.05, 0.1) is 0 Å². The Bertz CT molecular complexity index is 608. The largest absolute Gasteiger partial charge is 0.383 e. The van der Waals surface area contributed by atoms with E-state index in [2.05, 4.69) is 0 Å². The SMILES string of the molecule is Cc1ccc(C(O)c2c(F)cccc2Cl)c(F)c1F. The standard InChI is InChI=1S/C14H10ClF3O/c1-7-5-6-8(13(18)12(7)17)14(19)11-9(15)3-2-4-10(11)16/h2-6,14,19H,1H3. The van der Waals surface area contributed by atoms with Gasteiger partial charge in [0.1, 0.15) is 11.9 Å². The fourth-order valence-electron chi connectivity index (χ4n) is 1.80. The van der Waals surface area contributed by atoms with Gasteiger partial charge in [-0.15, -0.1) is 0 Å². The van der Waals surface area contributed by atoms with E-state index in [4.69, 9.17) is 11.6 Å². The highest BCUT2D eigenvalue weighted by Gasteiger charge is 2.23. The van der Waals surface area contributed by atoms with Gasteiger partial charge >= 0.3 is 0 Å². The van der Waals surface area contributed by atoms with E-state index in [0.717, 1.165) is 6.07 Å². The molecule has 19 heavy (non-hydrogen) atoms. The summed E-state index contributed by atoms with van der Waals surface area (Å²) in [5.74, 6) is -3.05. The summed E-state index contributed by atoms with van der Waals surface area (Å²) in [6.07, 6.45) is -1.66. The maximum absolute atomic E-state index is 13.8. The minimum Gasteiger partial charge on any atom is -0.383 e. The van der Waals surface area contributed by atoms with E-state index in [0.29, 0.717) is 0 Å². The van der Waals surface area contributed by atoms with Gasteiger partial charge in [-0.1, -0.05) is 29.8 Å². The van der Waals surface area contributed by atoms with Crippen molar-refractivity contribution >= 4 is 11.6 Å². The maximum Gasteiger partial charge on any atom is 0.165 e. The van der Waals surface area contributed by atoms with Crippen LogP contribution in [0.5, 0.6) is 0 Å². The minimum absolute atomic E-state index is 0.0483. The van der Waals surface area contributed by atoms with Gasteiger partial charge in [0.2, 0.25) is 0 Å². The lowest BCUT2D eigenvalue weighted by atomic mass is 9.99. The van der Waals surface area contributed by atoms with Gasteiger partial charge in [-0.2, -0.15) is 0 Å². The van der Waals surface area contributed by atoms with Crippen molar-refractivity contribution in [3.63, 3.8) is 0 Å². The predicted molar refractivity (Wildman–Crippen MR) is 66.6 cm³/mol. The summed E-state index contributed by atoms with van der Waals surface area (Å²) < 4.78 is 40.9. The molecule has 1 atom stereocenters. The zero-order valence-electron chi connectivity index (χ0n) is 9.92. The smallest absolute Gasteiger partial charge is 0.165 e. The first-order valence-electron chi connectivity index (χ1n) is 5.50. The van der Waals surface area contributed by atoms with E-state index in [9.17, 15) is 18.3 Å². The fraction of sp³-hybridized carbons (Fsp3) is 0.143. The van der Waals surface area contributed by atoms with Gasteiger partial charge in [0, 0.05) is 16.1 Å². The molecule has 5 heteroatoms. The molecule has 0 radical (unpaired) electrons. The lowest BCUT2D eigenvalue weighted by Crippen LogP contribution is -2.08. The third-order valence-corrected chi connectivity index (χ3v) is 3.20. The number of halogens is 4. The van der Waals surface area contributed by atoms with Gasteiger partial charge in [0.25, 0.3) is 0 Å². The van der Waals surface area contributed by atoms with E-state index >= 15 is 0 Å². The number of aryl methyl sites for hydroxylation is 1. The van der Waals surface area contributed by atoms with Crippen LogP contribution in [0, 0.1) is 24.4 Å². The van der Waals surface area contributed by atoms with Gasteiger partial charge in [-0.3, -0.25) is 0 Å². The van der Waals surface area contributed by atoms with Crippen LogP contribution >= 0.6 is 11.6 Å². The summed E-state index contributed by atoms with van der Waals surface area (Å²) in [4.78, 5) is 0. The first-order valence-corrected chi connectivity index (χ1v) is 5.87. The molecule has 2 aromatic rings. The summed E-state index contributed by atoms with van der Waals surface area (Å²) in [5.41, 5.74) is -0.519. The molecular formula is C14H10ClF3O. The first-order chi connectivity index (χ1) is 8.93. The molecule has 0 aliphatic carbocycles. The van der Waals surface area contributed by atoms with Crippen LogP contribution in [-0.2, 0) is 0 Å². The van der Waals surface area contributed by atoms with Crippen molar-refractivity contribution in [3.8, 4) is 0 Å². The molecule has 0 saturated carbocycles. The van der Waals surface area contributed by atoms with Crippen LogP contribution in [0.1, 0.15) is 22.8 Å². The molecule has 100 valence electrons. The van der Waals surface area contributed by atoms with Crippen molar-refractivity contribution in [1.82, 2.24) is 0 Å². The number of aliphatic hydroxyl groups excluding tert-OH is 1. The molecule has 0 spiro atoms. The van der Waals surface area contributed by atoms with E-state index in [1.807, 2.05) is 0 Å². The Balaban J connectivity index is 2.57. The second kappa shape index (κ2) is 5.23. The Labute approximate surface area is 113 Å². The van der Waals surface area contributed by atoms with Crippen LogP contribution in [0.4, 0.5) is 13.2 Å². The fourth-order valence-corrected chi connectivity index (χ4v) is 2.07.